The van der Waals surface area contributed by atoms with Crippen molar-refractivity contribution in [3.05, 3.63) is 41.4 Å². The maximum Gasteiger partial charge on any atom is 0.232 e. The van der Waals surface area contributed by atoms with Crippen molar-refractivity contribution >= 4 is 22.4 Å². The van der Waals surface area contributed by atoms with E-state index in [1.165, 1.54) is 11.3 Å². The van der Waals surface area contributed by atoms with E-state index in [1.54, 1.807) is 25.3 Å². The van der Waals surface area contributed by atoms with E-state index in [2.05, 4.69) is 4.98 Å². The van der Waals surface area contributed by atoms with Crippen LogP contribution in [-0.2, 0) is 11.2 Å². The van der Waals surface area contributed by atoms with Crippen molar-refractivity contribution in [3.63, 3.8) is 0 Å². The van der Waals surface area contributed by atoms with Gasteiger partial charge in [-0.15, -0.1) is 11.3 Å². The SMILES string of the molecule is COc1cccc(CC(=O)N(C)c2nccs2)c1. The number of ether oxygens (including phenoxy) is 1. The number of carbonyl (C=O) groups excluding carboxylic acids is 1. The molecule has 2 rings (SSSR count). The van der Waals surface area contributed by atoms with E-state index in [4.69, 9.17) is 4.74 Å². The summed E-state index contributed by atoms with van der Waals surface area (Å²) >= 11 is 1.45. The van der Waals surface area contributed by atoms with Crippen LogP contribution in [0, 0.1) is 0 Å². The van der Waals surface area contributed by atoms with Gasteiger partial charge in [-0.05, 0) is 17.7 Å². The molecule has 94 valence electrons. The molecule has 0 saturated heterocycles. The van der Waals surface area contributed by atoms with Crippen LogP contribution < -0.4 is 9.64 Å². The highest BCUT2D eigenvalue weighted by molar-refractivity contribution is 7.13. The van der Waals surface area contributed by atoms with Crippen LogP contribution in [0.25, 0.3) is 0 Å². The number of likely N-dealkylation sites (N-methyl/N-ethyl adjacent to an activating group) is 1. The van der Waals surface area contributed by atoms with Gasteiger partial charge in [0.05, 0.1) is 13.5 Å². The Kier molecular flexibility index (Phi) is 3.94. The Labute approximate surface area is 110 Å². The average Bonchev–Trinajstić information content (AvgIpc) is 2.92. The first-order valence-electron chi connectivity index (χ1n) is 5.49. The van der Waals surface area contributed by atoms with E-state index in [-0.39, 0.29) is 5.91 Å². The van der Waals surface area contributed by atoms with Gasteiger partial charge in [0.25, 0.3) is 0 Å². The summed E-state index contributed by atoms with van der Waals surface area (Å²) in [6.45, 7) is 0. The second-order valence-corrected chi connectivity index (χ2v) is 4.67. The minimum atomic E-state index is 0.0122. The number of methoxy groups -OCH3 is 1. The summed E-state index contributed by atoms with van der Waals surface area (Å²) in [5.74, 6) is 0.774. The molecule has 0 aliphatic carbocycles. The van der Waals surface area contributed by atoms with E-state index in [9.17, 15) is 4.79 Å². The number of benzene rings is 1. The van der Waals surface area contributed by atoms with Gasteiger partial charge in [0, 0.05) is 18.6 Å². The van der Waals surface area contributed by atoms with Gasteiger partial charge >= 0.3 is 0 Å². The van der Waals surface area contributed by atoms with E-state index in [0.717, 1.165) is 11.3 Å². The standard InChI is InChI=1S/C13H14N2O2S/c1-15(13-14-6-7-18-13)12(16)9-10-4-3-5-11(8-10)17-2/h3-8H,9H2,1-2H3. The Morgan fingerprint density at radius 3 is 3.00 bits per heavy atom. The number of thiazole rings is 1. The van der Waals surface area contributed by atoms with Crippen molar-refractivity contribution in [2.75, 3.05) is 19.1 Å². The van der Waals surface area contributed by atoms with E-state index in [0.29, 0.717) is 11.6 Å². The zero-order valence-electron chi connectivity index (χ0n) is 10.3. The zero-order chi connectivity index (χ0) is 13.0. The van der Waals surface area contributed by atoms with Gasteiger partial charge in [0.2, 0.25) is 5.91 Å². The molecule has 5 heteroatoms. The number of hydrogen-bond donors (Lipinski definition) is 0. The molecule has 1 heterocycles. The summed E-state index contributed by atoms with van der Waals surface area (Å²) in [7, 11) is 3.35. The molecular weight excluding hydrogens is 248 g/mol. The van der Waals surface area contributed by atoms with Gasteiger partial charge < -0.3 is 4.74 Å². The Morgan fingerprint density at radius 2 is 2.33 bits per heavy atom. The lowest BCUT2D eigenvalue weighted by Crippen LogP contribution is -2.27. The summed E-state index contributed by atoms with van der Waals surface area (Å²) in [5, 5.41) is 2.56. The second-order valence-electron chi connectivity index (χ2n) is 3.80. The number of nitrogens with zero attached hydrogens (tertiary/aromatic N) is 2. The number of aromatic nitrogens is 1. The van der Waals surface area contributed by atoms with Crippen LogP contribution in [0.4, 0.5) is 5.13 Å². The first-order chi connectivity index (χ1) is 8.70. The van der Waals surface area contributed by atoms with Crippen molar-refractivity contribution in [3.8, 4) is 5.75 Å². The zero-order valence-corrected chi connectivity index (χ0v) is 11.1. The maximum absolute atomic E-state index is 12.1. The molecular formula is C13H14N2O2S. The summed E-state index contributed by atoms with van der Waals surface area (Å²) in [5.41, 5.74) is 0.933. The number of carbonyl (C=O) groups is 1. The minimum Gasteiger partial charge on any atom is -0.497 e. The van der Waals surface area contributed by atoms with Crippen molar-refractivity contribution in [1.29, 1.82) is 0 Å². The number of amides is 1. The quantitative estimate of drug-likeness (QED) is 0.849. The largest absolute Gasteiger partial charge is 0.497 e. The van der Waals surface area contributed by atoms with Crippen molar-refractivity contribution in [2.45, 2.75) is 6.42 Å². The third-order valence-corrected chi connectivity index (χ3v) is 3.42. The molecule has 0 unspecified atom stereocenters. The third-order valence-electron chi connectivity index (χ3n) is 2.57. The second kappa shape index (κ2) is 5.64. The van der Waals surface area contributed by atoms with Crippen molar-refractivity contribution in [2.24, 2.45) is 0 Å². The molecule has 0 bridgehead atoms. The molecule has 1 amide bonds. The predicted octanol–water partition coefficient (Wildman–Crippen LogP) is 2.36. The Morgan fingerprint density at radius 1 is 1.50 bits per heavy atom. The minimum absolute atomic E-state index is 0.0122. The lowest BCUT2D eigenvalue weighted by atomic mass is 10.1. The highest BCUT2D eigenvalue weighted by atomic mass is 32.1. The van der Waals surface area contributed by atoms with Crippen LogP contribution in [-0.4, -0.2) is 25.0 Å². The monoisotopic (exact) mass is 262 g/mol. The molecule has 0 aliphatic heterocycles. The number of anilines is 1. The van der Waals surface area contributed by atoms with Crippen LogP contribution in [0.5, 0.6) is 5.75 Å². The fourth-order valence-electron chi connectivity index (χ4n) is 1.56. The van der Waals surface area contributed by atoms with Crippen LogP contribution >= 0.6 is 11.3 Å². The van der Waals surface area contributed by atoms with Crippen molar-refractivity contribution < 1.29 is 9.53 Å². The maximum atomic E-state index is 12.1. The van der Waals surface area contributed by atoms with Crippen LogP contribution in [0.1, 0.15) is 5.56 Å². The first kappa shape index (κ1) is 12.6. The molecule has 0 aliphatic rings. The molecule has 0 atom stereocenters. The molecule has 0 N–H and O–H groups in total. The topological polar surface area (TPSA) is 42.4 Å². The predicted molar refractivity (Wildman–Crippen MR) is 72.2 cm³/mol. The van der Waals surface area contributed by atoms with Gasteiger partial charge in [0.1, 0.15) is 5.75 Å². The summed E-state index contributed by atoms with van der Waals surface area (Å²) in [6, 6.07) is 7.52. The Hall–Kier alpha value is -1.88. The smallest absolute Gasteiger partial charge is 0.232 e. The molecule has 0 spiro atoms. The first-order valence-corrected chi connectivity index (χ1v) is 6.37. The normalized spacial score (nSPS) is 10.1. The number of hydrogen-bond acceptors (Lipinski definition) is 4. The van der Waals surface area contributed by atoms with Crippen molar-refractivity contribution in [1.82, 2.24) is 4.98 Å². The van der Waals surface area contributed by atoms with Gasteiger partial charge in [-0.2, -0.15) is 0 Å². The average molecular weight is 262 g/mol. The molecule has 18 heavy (non-hydrogen) atoms. The number of rotatable bonds is 4. The molecule has 2 aromatic rings. The summed E-state index contributed by atoms with van der Waals surface area (Å²) < 4.78 is 5.13. The molecule has 1 aromatic heterocycles. The summed E-state index contributed by atoms with van der Waals surface area (Å²) in [6.07, 6.45) is 2.03. The van der Waals surface area contributed by atoms with E-state index in [1.807, 2.05) is 29.6 Å². The van der Waals surface area contributed by atoms with E-state index < -0.39 is 0 Å². The summed E-state index contributed by atoms with van der Waals surface area (Å²) in [4.78, 5) is 17.7. The molecule has 0 saturated carbocycles. The van der Waals surface area contributed by atoms with Crippen LogP contribution in [0.3, 0.4) is 0 Å². The molecule has 0 radical (unpaired) electrons. The van der Waals surface area contributed by atoms with Gasteiger partial charge in [-0.3, -0.25) is 9.69 Å². The Balaban J connectivity index is 2.06. The molecule has 4 nitrogen and oxygen atoms in total. The van der Waals surface area contributed by atoms with E-state index >= 15 is 0 Å². The van der Waals surface area contributed by atoms with Gasteiger partial charge in [0.15, 0.2) is 5.13 Å². The molecule has 1 aromatic carbocycles. The molecule has 0 fully saturated rings. The third kappa shape index (κ3) is 2.87. The van der Waals surface area contributed by atoms with Gasteiger partial charge in [-0.25, -0.2) is 4.98 Å². The van der Waals surface area contributed by atoms with Crippen LogP contribution in [0.15, 0.2) is 35.8 Å². The fourth-order valence-corrected chi connectivity index (χ4v) is 2.19. The lowest BCUT2D eigenvalue weighted by molar-refractivity contribution is -0.117. The van der Waals surface area contributed by atoms with Gasteiger partial charge in [-0.1, -0.05) is 12.1 Å². The fraction of sp³-hybridized carbons (Fsp3) is 0.231. The Bertz CT molecular complexity index is 526. The van der Waals surface area contributed by atoms with Crippen LogP contribution in [0.2, 0.25) is 0 Å². The highest BCUT2D eigenvalue weighted by Gasteiger charge is 2.13. The lowest BCUT2D eigenvalue weighted by Gasteiger charge is -2.13. The highest BCUT2D eigenvalue weighted by Crippen LogP contribution is 2.18.